The van der Waals surface area contributed by atoms with Crippen LogP contribution in [0.4, 0.5) is 0 Å². The standard InChI is InChI=1S/C10H12N6O3S2.ClH/c1-15-10(12-13-14-15)21-3-4-2-20-8-5(11)7(17)16(8)6(4)9(18)19;/h5,8H,2-3,11H2,1H3,(H,18,19);1H/t5?,8-;/m0./s1. The summed E-state index contributed by atoms with van der Waals surface area (Å²) in [5, 5.41) is 20.8. The van der Waals surface area contributed by atoms with E-state index in [1.54, 1.807) is 7.05 Å². The highest BCUT2D eigenvalue weighted by Crippen LogP contribution is 2.40. The highest BCUT2D eigenvalue weighted by molar-refractivity contribution is 8.01. The molecule has 0 aromatic carbocycles. The number of amides is 1. The second kappa shape index (κ2) is 6.44. The van der Waals surface area contributed by atoms with E-state index in [2.05, 4.69) is 15.5 Å². The van der Waals surface area contributed by atoms with Gasteiger partial charge in [-0.05, 0) is 16.0 Å². The summed E-state index contributed by atoms with van der Waals surface area (Å²) in [6, 6.07) is -0.610. The summed E-state index contributed by atoms with van der Waals surface area (Å²) in [6.07, 6.45) is 0. The van der Waals surface area contributed by atoms with Crippen molar-refractivity contribution < 1.29 is 14.7 Å². The smallest absolute Gasteiger partial charge is 0.352 e. The minimum atomic E-state index is -1.10. The maximum atomic E-state index is 11.8. The normalized spacial score (nSPS) is 23.7. The number of carboxylic acids is 1. The van der Waals surface area contributed by atoms with Crippen molar-refractivity contribution in [1.82, 2.24) is 25.1 Å². The molecule has 0 bridgehead atoms. The van der Waals surface area contributed by atoms with E-state index in [1.165, 1.54) is 33.1 Å². The first-order chi connectivity index (χ1) is 10.0. The van der Waals surface area contributed by atoms with E-state index < -0.39 is 12.0 Å². The number of hydrogen-bond donors (Lipinski definition) is 2. The van der Waals surface area contributed by atoms with Crippen LogP contribution in [0, 0.1) is 0 Å². The molecule has 3 rings (SSSR count). The molecule has 2 atom stereocenters. The Kier molecular flexibility index (Phi) is 5.00. The van der Waals surface area contributed by atoms with Crippen LogP contribution in [-0.4, -0.2) is 65.0 Å². The number of aryl methyl sites for hydroxylation is 1. The second-order valence-electron chi connectivity index (χ2n) is 4.57. The topological polar surface area (TPSA) is 127 Å². The van der Waals surface area contributed by atoms with Gasteiger partial charge in [-0.1, -0.05) is 11.8 Å². The molecule has 1 aromatic rings. The van der Waals surface area contributed by atoms with Crippen LogP contribution in [0.3, 0.4) is 0 Å². The second-order valence-corrected chi connectivity index (χ2v) is 6.61. The predicted molar refractivity (Wildman–Crippen MR) is 82.5 cm³/mol. The van der Waals surface area contributed by atoms with Crippen molar-refractivity contribution in [2.45, 2.75) is 16.6 Å². The van der Waals surface area contributed by atoms with Crippen molar-refractivity contribution in [3.8, 4) is 0 Å². The van der Waals surface area contributed by atoms with Crippen LogP contribution in [-0.2, 0) is 16.6 Å². The molecule has 22 heavy (non-hydrogen) atoms. The zero-order valence-corrected chi connectivity index (χ0v) is 13.8. The Morgan fingerprint density at radius 1 is 1.59 bits per heavy atom. The average molecular weight is 365 g/mol. The molecule has 12 heteroatoms. The number of aliphatic carboxylic acids is 1. The zero-order valence-electron chi connectivity index (χ0n) is 11.4. The number of rotatable bonds is 4. The van der Waals surface area contributed by atoms with E-state index in [0.29, 0.717) is 22.2 Å². The molecule has 9 nitrogen and oxygen atoms in total. The van der Waals surface area contributed by atoms with Gasteiger partial charge in [-0.3, -0.25) is 9.69 Å². The lowest BCUT2D eigenvalue weighted by atomic mass is 10.0. The van der Waals surface area contributed by atoms with Gasteiger partial charge in [-0.25, -0.2) is 9.48 Å². The van der Waals surface area contributed by atoms with E-state index in [-0.39, 0.29) is 29.4 Å². The summed E-state index contributed by atoms with van der Waals surface area (Å²) in [5.41, 5.74) is 6.42. The van der Waals surface area contributed by atoms with Crippen molar-refractivity contribution in [2.24, 2.45) is 12.8 Å². The first-order valence-corrected chi connectivity index (χ1v) is 8.05. The summed E-state index contributed by atoms with van der Waals surface area (Å²) in [7, 11) is 1.71. The van der Waals surface area contributed by atoms with Gasteiger partial charge in [0.25, 0.3) is 0 Å². The van der Waals surface area contributed by atoms with E-state index >= 15 is 0 Å². The van der Waals surface area contributed by atoms with Crippen molar-refractivity contribution in [3.05, 3.63) is 11.3 Å². The molecule has 1 amide bonds. The Balaban J connectivity index is 0.00000176. The number of carboxylic acid groups (broad SMARTS) is 1. The van der Waals surface area contributed by atoms with E-state index in [4.69, 9.17) is 5.73 Å². The zero-order chi connectivity index (χ0) is 15.1. The van der Waals surface area contributed by atoms with Crippen molar-refractivity contribution in [3.63, 3.8) is 0 Å². The molecular weight excluding hydrogens is 352 g/mol. The summed E-state index contributed by atoms with van der Waals surface area (Å²) < 4.78 is 1.51. The molecule has 0 spiro atoms. The Morgan fingerprint density at radius 3 is 2.91 bits per heavy atom. The molecule has 0 saturated carbocycles. The van der Waals surface area contributed by atoms with Crippen LogP contribution in [0.2, 0.25) is 0 Å². The van der Waals surface area contributed by atoms with Gasteiger partial charge in [0, 0.05) is 18.6 Å². The molecule has 0 aliphatic carbocycles. The number of halogens is 1. The number of β-lactam (4-membered cyclic amide) rings is 1. The number of nitrogens with two attached hydrogens (primary N) is 1. The quantitative estimate of drug-likeness (QED) is 0.526. The van der Waals surface area contributed by atoms with Crippen LogP contribution >= 0.6 is 35.9 Å². The SMILES string of the molecule is Cl.Cn1nnnc1SCC1=C(C(=O)O)N2C(=O)C(N)[C@@H]2SC1. The average Bonchev–Trinajstić information content (AvgIpc) is 2.88. The number of hydrogen-bond acceptors (Lipinski definition) is 8. The largest absolute Gasteiger partial charge is 0.477 e. The number of carbonyl (C=O) groups is 2. The van der Waals surface area contributed by atoms with Gasteiger partial charge in [0.05, 0.1) is 0 Å². The maximum Gasteiger partial charge on any atom is 0.352 e. The molecule has 2 aliphatic heterocycles. The minimum Gasteiger partial charge on any atom is -0.477 e. The lowest BCUT2D eigenvalue weighted by Crippen LogP contribution is -2.68. The number of fused-ring (bicyclic) bond motifs is 1. The van der Waals surface area contributed by atoms with Crippen molar-refractivity contribution in [2.75, 3.05) is 11.5 Å². The number of tetrazole rings is 1. The Labute approximate surface area is 140 Å². The van der Waals surface area contributed by atoms with Crippen molar-refractivity contribution >= 4 is 47.8 Å². The van der Waals surface area contributed by atoms with Gasteiger partial charge in [0.15, 0.2) is 0 Å². The van der Waals surface area contributed by atoms with E-state index in [0.717, 1.165) is 0 Å². The van der Waals surface area contributed by atoms with Gasteiger partial charge < -0.3 is 10.8 Å². The van der Waals surface area contributed by atoms with Crippen LogP contribution in [0.15, 0.2) is 16.4 Å². The van der Waals surface area contributed by atoms with Crippen LogP contribution in [0.1, 0.15) is 0 Å². The third-order valence-corrected chi connectivity index (χ3v) is 5.71. The Morgan fingerprint density at radius 2 is 2.32 bits per heavy atom. The molecule has 0 radical (unpaired) electrons. The lowest BCUT2D eigenvalue weighted by Gasteiger charge is -2.48. The highest BCUT2D eigenvalue weighted by atomic mass is 35.5. The molecule has 1 fully saturated rings. The highest BCUT2D eigenvalue weighted by Gasteiger charge is 2.51. The summed E-state index contributed by atoms with van der Waals surface area (Å²) >= 11 is 2.82. The number of nitrogens with zero attached hydrogens (tertiary/aromatic N) is 5. The van der Waals surface area contributed by atoms with Gasteiger partial charge in [0.1, 0.15) is 17.1 Å². The maximum absolute atomic E-state index is 11.8. The Bertz CT molecular complexity index is 650. The van der Waals surface area contributed by atoms with Gasteiger partial charge in [-0.15, -0.1) is 29.3 Å². The first kappa shape index (κ1) is 17.1. The molecule has 3 N–H and O–H groups in total. The minimum absolute atomic E-state index is 0. The van der Waals surface area contributed by atoms with Crippen LogP contribution in [0.25, 0.3) is 0 Å². The third-order valence-electron chi connectivity index (χ3n) is 3.25. The van der Waals surface area contributed by atoms with Crippen molar-refractivity contribution in [1.29, 1.82) is 0 Å². The first-order valence-electron chi connectivity index (χ1n) is 6.01. The van der Waals surface area contributed by atoms with Gasteiger partial charge in [-0.2, -0.15) is 0 Å². The lowest BCUT2D eigenvalue weighted by molar-refractivity contribution is -0.147. The molecule has 1 aromatic heterocycles. The molecule has 1 unspecified atom stereocenters. The molecule has 1 saturated heterocycles. The number of aromatic nitrogens is 4. The molecule has 120 valence electrons. The van der Waals surface area contributed by atoms with Gasteiger partial charge >= 0.3 is 5.97 Å². The summed E-state index contributed by atoms with van der Waals surface area (Å²) in [6.45, 7) is 0. The fraction of sp³-hybridized carbons (Fsp3) is 0.500. The fourth-order valence-corrected chi connectivity index (χ4v) is 4.47. The summed E-state index contributed by atoms with van der Waals surface area (Å²) in [5.74, 6) is -0.504. The fourth-order valence-electron chi connectivity index (χ4n) is 2.19. The predicted octanol–water partition coefficient (Wildman–Crippen LogP) is -0.695. The van der Waals surface area contributed by atoms with Crippen LogP contribution in [0.5, 0.6) is 0 Å². The summed E-state index contributed by atoms with van der Waals surface area (Å²) in [4.78, 5) is 24.6. The van der Waals surface area contributed by atoms with Crippen LogP contribution < -0.4 is 5.73 Å². The third kappa shape index (κ3) is 2.69. The van der Waals surface area contributed by atoms with E-state index in [1.807, 2.05) is 0 Å². The molecule has 2 aliphatic rings. The Hall–Kier alpha value is -1.30. The van der Waals surface area contributed by atoms with E-state index in [9.17, 15) is 14.7 Å². The molecule has 3 heterocycles. The number of carbonyl (C=O) groups excluding carboxylic acids is 1. The molecular formula is C10H13ClN6O3S2. The van der Waals surface area contributed by atoms with Gasteiger partial charge in [0.2, 0.25) is 11.1 Å². The monoisotopic (exact) mass is 364 g/mol. The number of thioether (sulfide) groups is 2.